The van der Waals surface area contributed by atoms with Crippen molar-refractivity contribution in [2.45, 2.75) is 82.5 Å². The number of carboxylic acid groups (broad SMARTS) is 1. The van der Waals surface area contributed by atoms with Crippen LogP contribution >= 0.6 is 0 Å². The number of aromatic hydroxyl groups is 1. The number of rotatable bonds is 24. The van der Waals surface area contributed by atoms with Gasteiger partial charge in [-0.2, -0.15) is 0 Å². The number of hydrogen-bond acceptors (Lipinski definition) is 10. The fourth-order valence-corrected chi connectivity index (χ4v) is 7.69. The van der Waals surface area contributed by atoms with Gasteiger partial charge in [-0.3, -0.25) is 24.0 Å². The Morgan fingerprint density at radius 1 is 0.606 bits per heavy atom. The van der Waals surface area contributed by atoms with E-state index in [4.69, 9.17) is 10.5 Å². The summed E-state index contributed by atoms with van der Waals surface area (Å²) in [5, 5.41) is 34.9. The maximum Gasteiger partial charge on any atom is 0.407 e. The number of benzene rings is 4. The van der Waals surface area contributed by atoms with Gasteiger partial charge in [0.25, 0.3) is 0 Å². The molecule has 350 valence electrons. The van der Waals surface area contributed by atoms with Crippen LogP contribution in [0.15, 0.2) is 103 Å². The SMILES string of the molecule is CC(C)C[C@H](NC(=O)[C@H](Cc1ccccc1)NC(=O)CNC(=O)CNC(=O)[C@H](Cc1ccc(O)cc1)NC(=O)OCC1c2ccccc2-c2ccccc21)C(=O)N[C@@H](CCCCN)C(=O)O. The maximum atomic E-state index is 13.8. The number of carbonyl (C=O) groups is 7. The van der Waals surface area contributed by atoms with Gasteiger partial charge in [-0.05, 0) is 83.7 Å². The Labute approximate surface area is 383 Å². The van der Waals surface area contributed by atoms with Crippen molar-refractivity contribution in [1.29, 1.82) is 0 Å². The molecule has 0 aromatic heterocycles. The van der Waals surface area contributed by atoms with E-state index in [2.05, 4.69) is 31.9 Å². The molecule has 17 nitrogen and oxygen atoms in total. The molecule has 0 fully saturated rings. The van der Waals surface area contributed by atoms with Gasteiger partial charge >= 0.3 is 12.1 Å². The second-order valence-corrected chi connectivity index (χ2v) is 16.6. The Bertz CT molecular complexity index is 2260. The van der Waals surface area contributed by atoms with Crippen LogP contribution in [0.2, 0.25) is 0 Å². The number of phenolic OH excluding ortho intramolecular Hbond substituents is 1. The predicted octanol–water partition coefficient (Wildman–Crippen LogP) is 3.03. The predicted molar refractivity (Wildman–Crippen MR) is 246 cm³/mol. The number of carbonyl (C=O) groups excluding carboxylic acids is 6. The van der Waals surface area contributed by atoms with Crippen LogP contribution in [0.4, 0.5) is 4.79 Å². The lowest BCUT2D eigenvalue weighted by molar-refractivity contribution is -0.142. The smallest absolute Gasteiger partial charge is 0.407 e. The molecule has 1 aliphatic carbocycles. The summed E-state index contributed by atoms with van der Waals surface area (Å²) in [6, 6.07) is 25.9. The number of nitrogens with two attached hydrogens (primary N) is 1. The van der Waals surface area contributed by atoms with E-state index in [9.17, 15) is 43.8 Å². The summed E-state index contributed by atoms with van der Waals surface area (Å²) >= 11 is 0. The molecule has 0 saturated heterocycles. The molecule has 4 aromatic carbocycles. The third-order valence-electron chi connectivity index (χ3n) is 11.0. The largest absolute Gasteiger partial charge is 0.508 e. The highest BCUT2D eigenvalue weighted by Crippen LogP contribution is 2.44. The Hall–Kier alpha value is -7.27. The molecular formula is C49H59N7O10. The number of alkyl carbamates (subject to hydrolysis) is 1. The van der Waals surface area contributed by atoms with E-state index >= 15 is 0 Å². The van der Waals surface area contributed by atoms with E-state index < -0.39 is 78.9 Å². The summed E-state index contributed by atoms with van der Waals surface area (Å²) in [6.45, 7) is 2.90. The molecule has 0 spiro atoms. The molecule has 4 aromatic rings. The first kappa shape index (κ1) is 49.7. The zero-order chi connectivity index (χ0) is 47.6. The first-order valence-corrected chi connectivity index (χ1v) is 22.0. The van der Waals surface area contributed by atoms with Gasteiger partial charge in [0.1, 0.15) is 36.5 Å². The van der Waals surface area contributed by atoms with Crippen LogP contribution in [-0.2, 0) is 46.3 Å². The molecule has 10 N–H and O–H groups in total. The maximum absolute atomic E-state index is 13.8. The van der Waals surface area contributed by atoms with Gasteiger partial charge in [0.2, 0.25) is 29.5 Å². The minimum absolute atomic E-state index is 0.00276. The molecule has 0 unspecified atom stereocenters. The number of unbranched alkanes of at least 4 members (excludes halogenated alkanes) is 1. The summed E-state index contributed by atoms with van der Waals surface area (Å²) < 4.78 is 5.68. The summed E-state index contributed by atoms with van der Waals surface area (Å²) in [7, 11) is 0. The van der Waals surface area contributed by atoms with Gasteiger partial charge in [0, 0.05) is 18.8 Å². The number of nitrogens with one attached hydrogen (secondary N) is 6. The van der Waals surface area contributed by atoms with Crippen LogP contribution in [0.3, 0.4) is 0 Å². The topological polar surface area (TPSA) is 267 Å². The first-order chi connectivity index (χ1) is 31.7. The van der Waals surface area contributed by atoms with E-state index in [1.54, 1.807) is 42.5 Å². The summed E-state index contributed by atoms with van der Waals surface area (Å²) in [5.41, 5.74) is 11.0. The van der Waals surface area contributed by atoms with Crippen molar-refractivity contribution in [2.75, 3.05) is 26.2 Å². The molecule has 17 heteroatoms. The highest BCUT2D eigenvalue weighted by atomic mass is 16.5. The standard InChI is InChI=1S/C49H59N7O10/c1-30(2)24-40(46(61)54-39(48(63)64)18-10-11-23-50)55-47(62)42(25-31-12-4-3-5-13-31)53-44(59)28-51-43(58)27-52-45(60)41(26-32-19-21-33(57)22-20-32)56-49(65)66-29-38-36-16-8-6-14-34(36)35-15-7-9-17-37(35)38/h3-9,12-17,19-22,30,38-42,57H,10-11,18,23-29,50H2,1-2H3,(H,51,58)(H,52,60)(H,53,59)(H,54,61)(H,55,62)(H,56,65)(H,63,64)/t39-,40-,41-,42-/m0/s1. The van der Waals surface area contributed by atoms with E-state index in [0.717, 1.165) is 22.3 Å². The third kappa shape index (κ3) is 14.9. The summed E-state index contributed by atoms with van der Waals surface area (Å²) in [5.74, 6) is -5.11. The Kier molecular flexibility index (Phi) is 18.6. The number of carboxylic acids is 1. The van der Waals surface area contributed by atoms with Crippen LogP contribution in [0.25, 0.3) is 11.1 Å². The molecule has 1 aliphatic rings. The number of hydrogen-bond donors (Lipinski definition) is 9. The van der Waals surface area contributed by atoms with Crippen LogP contribution in [0, 0.1) is 5.92 Å². The van der Waals surface area contributed by atoms with Gasteiger partial charge in [0.15, 0.2) is 0 Å². The number of ether oxygens (including phenoxy) is 1. The average molecular weight is 906 g/mol. The number of aliphatic carboxylic acids is 1. The molecular weight excluding hydrogens is 847 g/mol. The van der Waals surface area contributed by atoms with E-state index in [0.29, 0.717) is 30.5 Å². The Morgan fingerprint density at radius 2 is 1.15 bits per heavy atom. The number of fused-ring (bicyclic) bond motifs is 3. The summed E-state index contributed by atoms with van der Waals surface area (Å²) in [4.78, 5) is 92.1. The molecule has 0 radical (unpaired) electrons. The van der Waals surface area contributed by atoms with Crippen molar-refractivity contribution < 1.29 is 48.5 Å². The van der Waals surface area contributed by atoms with Gasteiger partial charge < -0.3 is 52.6 Å². The third-order valence-corrected chi connectivity index (χ3v) is 11.0. The normalized spacial score (nSPS) is 13.5. The van der Waals surface area contributed by atoms with Crippen molar-refractivity contribution in [3.63, 3.8) is 0 Å². The minimum atomic E-state index is -1.22. The van der Waals surface area contributed by atoms with E-state index in [1.165, 1.54) is 12.1 Å². The zero-order valence-electron chi connectivity index (χ0n) is 37.1. The molecule has 5 rings (SSSR count). The van der Waals surface area contributed by atoms with Crippen LogP contribution in [0.5, 0.6) is 5.75 Å². The second kappa shape index (κ2) is 24.7. The summed E-state index contributed by atoms with van der Waals surface area (Å²) in [6.07, 6.45) is 0.538. The number of phenols is 1. The van der Waals surface area contributed by atoms with Gasteiger partial charge in [-0.1, -0.05) is 105 Å². The van der Waals surface area contributed by atoms with Gasteiger partial charge in [-0.15, -0.1) is 0 Å². The molecule has 6 amide bonds. The monoisotopic (exact) mass is 905 g/mol. The van der Waals surface area contributed by atoms with Crippen molar-refractivity contribution in [3.05, 3.63) is 125 Å². The highest BCUT2D eigenvalue weighted by Gasteiger charge is 2.32. The van der Waals surface area contributed by atoms with Crippen LogP contribution in [0.1, 0.15) is 67.7 Å². The fraction of sp³-hybridized carbons (Fsp3) is 0.367. The van der Waals surface area contributed by atoms with E-state index in [1.807, 2.05) is 62.4 Å². The van der Waals surface area contributed by atoms with Crippen molar-refractivity contribution in [1.82, 2.24) is 31.9 Å². The molecule has 0 bridgehead atoms. The van der Waals surface area contributed by atoms with Crippen LogP contribution in [-0.4, -0.2) is 102 Å². The van der Waals surface area contributed by atoms with Crippen molar-refractivity contribution in [2.24, 2.45) is 11.7 Å². The minimum Gasteiger partial charge on any atom is -0.508 e. The Morgan fingerprint density at radius 3 is 1.76 bits per heavy atom. The lowest BCUT2D eigenvalue weighted by Gasteiger charge is -2.25. The second-order valence-electron chi connectivity index (χ2n) is 16.6. The van der Waals surface area contributed by atoms with Crippen LogP contribution < -0.4 is 37.6 Å². The first-order valence-electron chi connectivity index (χ1n) is 22.0. The van der Waals surface area contributed by atoms with Crippen molar-refractivity contribution in [3.8, 4) is 16.9 Å². The lowest BCUT2D eigenvalue weighted by atomic mass is 9.98. The van der Waals surface area contributed by atoms with Crippen molar-refractivity contribution >= 4 is 41.6 Å². The molecule has 0 saturated carbocycles. The lowest BCUT2D eigenvalue weighted by Crippen LogP contribution is -2.57. The van der Waals surface area contributed by atoms with Gasteiger partial charge in [-0.25, -0.2) is 9.59 Å². The number of amides is 6. The fourth-order valence-electron chi connectivity index (χ4n) is 7.69. The molecule has 0 heterocycles. The average Bonchev–Trinajstić information content (AvgIpc) is 3.62. The molecule has 4 atom stereocenters. The highest BCUT2D eigenvalue weighted by molar-refractivity contribution is 5.95. The van der Waals surface area contributed by atoms with Gasteiger partial charge in [0.05, 0.1) is 13.1 Å². The van der Waals surface area contributed by atoms with E-state index in [-0.39, 0.29) is 49.9 Å². The Balaban J connectivity index is 1.18. The zero-order valence-corrected chi connectivity index (χ0v) is 37.1. The molecule has 0 aliphatic heterocycles. The molecule has 66 heavy (non-hydrogen) atoms. The quantitative estimate of drug-likeness (QED) is 0.0462.